The summed E-state index contributed by atoms with van der Waals surface area (Å²) in [5.41, 5.74) is 5.51. The van der Waals surface area contributed by atoms with Crippen LogP contribution in [0.15, 0.2) is 24.3 Å². The number of nitrogens with zero attached hydrogens (tertiary/aromatic N) is 2. The van der Waals surface area contributed by atoms with Crippen molar-refractivity contribution in [1.82, 2.24) is 9.78 Å². The maximum Gasteiger partial charge on any atom is 0.135 e. The molecule has 2 aromatic rings. The summed E-state index contributed by atoms with van der Waals surface area (Å²) >= 11 is 0. The van der Waals surface area contributed by atoms with Gasteiger partial charge in [0.05, 0.1) is 18.7 Å². The Kier molecular flexibility index (Phi) is 3.06. The third-order valence-corrected chi connectivity index (χ3v) is 2.34. The first kappa shape index (κ1) is 11.5. The van der Waals surface area contributed by atoms with Crippen molar-refractivity contribution in [1.29, 1.82) is 0 Å². The van der Waals surface area contributed by atoms with Gasteiger partial charge in [0.2, 0.25) is 0 Å². The van der Waals surface area contributed by atoms with Crippen LogP contribution in [0.3, 0.4) is 0 Å². The number of rotatable bonds is 3. The summed E-state index contributed by atoms with van der Waals surface area (Å²) in [6.07, 6.45) is 0. The fourth-order valence-corrected chi connectivity index (χ4v) is 1.57. The summed E-state index contributed by atoms with van der Waals surface area (Å²) in [5, 5.41) is 12.7. The molecule has 0 unspecified atom stereocenters. The van der Waals surface area contributed by atoms with Crippen LogP contribution in [0.4, 0.5) is 14.6 Å². The predicted molar refractivity (Wildman–Crippen MR) is 59.1 cm³/mol. The Balaban J connectivity index is 2.50. The van der Waals surface area contributed by atoms with Crippen molar-refractivity contribution in [3.05, 3.63) is 35.9 Å². The van der Waals surface area contributed by atoms with E-state index in [2.05, 4.69) is 5.10 Å². The van der Waals surface area contributed by atoms with Crippen LogP contribution in [0.1, 0.15) is 0 Å². The summed E-state index contributed by atoms with van der Waals surface area (Å²) in [5.74, 6) is -1.14. The van der Waals surface area contributed by atoms with E-state index in [1.54, 1.807) is 0 Å². The average Bonchev–Trinajstić information content (AvgIpc) is 2.60. The molecule has 90 valence electrons. The van der Waals surface area contributed by atoms with Crippen molar-refractivity contribution < 1.29 is 13.9 Å². The highest BCUT2D eigenvalue weighted by Gasteiger charge is 2.15. The molecule has 4 nitrogen and oxygen atoms in total. The van der Waals surface area contributed by atoms with E-state index >= 15 is 0 Å². The number of aliphatic hydroxyl groups is 1. The zero-order chi connectivity index (χ0) is 12.4. The first-order chi connectivity index (χ1) is 8.13. The van der Waals surface area contributed by atoms with E-state index < -0.39 is 11.6 Å². The van der Waals surface area contributed by atoms with E-state index in [4.69, 9.17) is 10.8 Å². The minimum Gasteiger partial charge on any atom is -0.394 e. The average molecular weight is 239 g/mol. The van der Waals surface area contributed by atoms with Gasteiger partial charge in [0.1, 0.15) is 23.1 Å². The second-order valence-corrected chi connectivity index (χ2v) is 3.50. The van der Waals surface area contributed by atoms with Crippen LogP contribution in [0, 0.1) is 11.6 Å². The smallest absolute Gasteiger partial charge is 0.135 e. The highest BCUT2D eigenvalue weighted by Crippen LogP contribution is 2.26. The highest BCUT2D eigenvalue weighted by molar-refractivity contribution is 5.63. The van der Waals surface area contributed by atoms with Crippen molar-refractivity contribution in [3.63, 3.8) is 0 Å². The zero-order valence-corrected chi connectivity index (χ0v) is 8.90. The predicted octanol–water partition coefficient (Wildman–Crippen LogP) is 1.40. The topological polar surface area (TPSA) is 64.1 Å². The number of nitrogen functional groups attached to an aromatic ring is 1. The van der Waals surface area contributed by atoms with Gasteiger partial charge in [0.15, 0.2) is 0 Å². The van der Waals surface area contributed by atoms with E-state index in [1.807, 2.05) is 0 Å². The Morgan fingerprint density at radius 3 is 2.53 bits per heavy atom. The quantitative estimate of drug-likeness (QED) is 0.851. The summed E-state index contributed by atoms with van der Waals surface area (Å²) in [6, 6.07) is 4.96. The molecule has 0 aliphatic carbocycles. The van der Waals surface area contributed by atoms with Gasteiger partial charge in [-0.15, -0.1) is 0 Å². The van der Waals surface area contributed by atoms with E-state index in [0.29, 0.717) is 0 Å². The lowest BCUT2D eigenvalue weighted by Gasteiger charge is -2.01. The number of anilines is 1. The normalized spacial score (nSPS) is 10.8. The van der Waals surface area contributed by atoms with Gasteiger partial charge >= 0.3 is 0 Å². The molecule has 3 N–H and O–H groups in total. The van der Waals surface area contributed by atoms with Gasteiger partial charge in [0, 0.05) is 6.07 Å². The van der Waals surface area contributed by atoms with Gasteiger partial charge < -0.3 is 10.8 Å². The zero-order valence-electron chi connectivity index (χ0n) is 8.90. The van der Waals surface area contributed by atoms with Crippen LogP contribution in [0.25, 0.3) is 11.3 Å². The second-order valence-electron chi connectivity index (χ2n) is 3.50. The molecular weight excluding hydrogens is 228 g/mol. The largest absolute Gasteiger partial charge is 0.394 e. The molecule has 0 saturated carbocycles. The van der Waals surface area contributed by atoms with Gasteiger partial charge in [-0.1, -0.05) is 6.07 Å². The minimum absolute atomic E-state index is 0.117. The van der Waals surface area contributed by atoms with Crippen LogP contribution in [0.5, 0.6) is 0 Å². The molecule has 1 heterocycles. The van der Waals surface area contributed by atoms with Crippen molar-refractivity contribution in [3.8, 4) is 11.3 Å². The van der Waals surface area contributed by atoms with Crippen LogP contribution in [-0.2, 0) is 6.54 Å². The first-order valence-electron chi connectivity index (χ1n) is 5.02. The fourth-order valence-electron chi connectivity index (χ4n) is 1.57. The standard InChI is InChI=1S/C11H11F2N3O/c12-7-2-1-3-8(13)11(7)9-6-10(14)16(15-9)4-5-17/h1-3,6,17H,4-5,14H2. The van der Waals surface area contributed by atoms with Crippen LogP contribution in [0.2, 0.25) is 0 Å². The Bertz CT molecular complexity index is 519. The molecule has 0 amide bonds. The van der Waals surface area contributed by atoms with Gasteiger partial charge in [-0.2, -0.15) is 5.10 Å². The third kappa shape index (κ3) is 2.12. The molecule has 0 fully saturated rings. The Hall–Kier alpha value is -1.95. The van der Waals surface area contributed by atoms with Crippen molar-refractivity contribution in [2.24, 2.45) is 0 Å². The molecule has 0 atom stereocenters. The summed E-state index contributed by atoms with van der Waals surface area (Å²) in [6.45, 7) is 0.0347. The van der Waals surface area contributed by atoms with Gasteiger partial charge in [0.25, 0.3) is 0 Å². The molecule has 0 aliphatic heterocycles. The molecular formula is C11H11F2N3O. The van der Waals surface area contributed by atoms with E-state index in [-0.39, 0.29) is 30.2 Å². The molecule has 0 bridgehead atoms. The SMILES string of the molecule is Nc1cc(-c2c(F)cccc2F)nn1CCO. The van der Waals surface area contributed by atoms with Crippen molar-refractivity contribution in [2.75, 3.05) is 12.3 Å². The minimum atomic E-state index is -0.696. The summed E-state index contributed by atoms with van der Waals surface area (Å²) < 4.78 is 28.3. The molecule has 0 radical (unpaired) electrons. The number of halogens is 2. The monoisotopic (exact) mass is 239 g/mol. The molecule has 0 saturated heterocycles. The number of hydrogen-bond donors (Lipinski definition) is 2. The molecule has 6 heteroatoms. The molecule has 0 spiro atoms. The Morgan fingerprint density at radius 1 is 1.29 bits per heavy atom. The number of aliphatic hydroxyl groups excluding tert-OH is 1. The lowest BCUT2D eigenvalue weighted by molar-refractivity contribution is 0.270. The summed E-state index contributed by atoms with van der Waals surface area (Å²) in [4.78, 5) is 0. The van der Waals surface area contributed by atoms with E-state index in [0.717, 1.165) is 12.1 Å². The van der Waals surface area contributed by atoms with Gasteiger partial charge in [-0.05, 0) is 12.1 Å². The highest BCUT2D eigenvalue weighted by atomic mass is 19.1. The Morgan fingerprint density at radius 2 is 1.94 bits per heavy atom. The first-order valence-corrected chi connectivity index (χ1v) is 5.02. The van der Waals surface area contributed by atoms with Crippen LogP contribution in [-0.4, -0.2) is 21.5 Å². The van der Waals surface area contributed by atoms with E-state index in [9.17, 15) is 8.78 Å². The maximum absolute atomic E-state index is 13.5. The molecule has 1 aromatic carbocycles. The van der Waals surface area contributed by atoms with Crippen LogP contribution < -0.4 is 5.73 Å². The number of aromatic nitrogens is 2. The van der Waals surface area contributed by atoms with Gasteiger partial charge in [-0.25, -0.2) is 13.5 Å². The third-order valence-electron chi connectivity index (χ3n) is 2.34. The Labute approximate surface area is 96.3 Å². The van der Waals surface area contributed by atoms with E-state index in [1.165, 1.54) is 16.8 Å². The molecule has 17 heavy (non-hydrogen) atoms. The number of nitrogens with two attached hydrogens (primary N) is 1. The molecule has 0 aliphatic rings. The molecule has 2 rings (SSSR count). The lowest BCUT2D eigenvalue weighted by atomic mass is 10.1. The van der Waals surface area contributed by atoms with Crippen molar-refractivity contribution in [2.45, 2.75) is 6.54 Å². The summed E-state index contributed by atoms with van der Waals surface area (Å²) in [7, 11) is 0. The number of hydrogen-bond acceptors (Lipinski definition) is 3. The lowest BCUT2D eigenvalue weighted by Crippen LogP contribution is -2.07. The van der Waals surface area contributed by atoms with Crippen molar-refractivity contribution >= 4 is 5.82 Å². The maximum atomic E-state index is 13.5. The second kappa shape index (κ2) is 4.50. The molecule has 1 aromatic heterocycles. The van der Waals surface area contributed by atoms with Crippen LogP contribution >= 0.6 is 0 Å². The number of benzene rings is 1. The van der Waals surface area contributed by atoms with Gasteiger partial charge in [-0.3, -0.25) is 0 Å². The fraction of sp³-hybridized carbons (Fsp3) is 0.182.